The molecular weight excluding hydrogens is 184 g/mol. The third-order valence-corrected chi connectivity index (χ3v) is 1.86. The van der Waals surface area contributed by atoms with Crippen LogP contribution in [0.15, 0.2) is 16.9 Å². The second-order valence-electron chi connectivity index (χ2n) is 2.87. The minimum absolute atomic E-state index is 0.185. The average molecular weight is 196 g/mol. The molecule has 1 amide bonds. The molecule has 0 aliphatic carbocycles. The van der Waals surface area contributed by atoms with E-state index in [1.165, 1.54) is 12.1 Å². The van der Waals surface area contributed by atoms with Crippen LogP contribution in [0.1, 0.15) is 19.4 Å². The van der Waals surface area contributed by atoms with Crippen LogP contribution < -0.4 is 17.0 Å². The van der Waals surface area contributed by atoms with Crippen LogP contribution in [0.5, 0.6) is 0 Å². The third kappa shape index (κ3) is 1.90. The fourth-order valence-corrected chi connectivity index (χ4v) is 1.16. The van der Waals surface area contributed by atoms with Crippen LogP contribution in [0.25, 0.3) is 0 Å². The molecule has 1 aromatic rings. The average Bonchev–Trinajstić information content (AvgIpc) is 2.11. The highest BCUT2D eigenvalue weighted by Gasteiger charge is 2.17. The summed E-state index contributed by atoms with van der Waals surface area (Å²) in [6.07, 6.45) is 0.408. The summed E-state index contributed by atoms with van der Waals surface area (Å²) in [4.78, 5) is 22.3. The molecule has 6 heteroatoms. The highest BCUT2D eigenvalue weighted by molar-refractivity contribution is 5.78. The van der Waals surface area contributed by atoms with E-state index in [2.05, 4.69) is 5.10 Å². The molecule has 1 atom stereocenters. The van der Waals surface area contributed by atoms with Crippen LogP contribution in [0, 0.1) is 0 Å². The molecule has 0 aliphatic heterocycles. The lowest BCUT2D eigenvalue weighted by Crippen LogP contribution is -2.35. The van der Waals surface area contributed by atoms with Crippen LogP contribution in [0.2, 0.25) is 0 Å². The molecule has 1 rings (SSSR count). The normalized spacial score (nSPS) is 12.4. The Bertz CT molecular complexity index is 399. The van der Waals surface area contributed by atoms with Gasteiger partial charge in [0.2, 0.25) is 5.91 Å². The Hall–Kier alpha value is -1.85. The van der Waals surface area contributed by atoms with Crippen LogP contribution in [-0.2, 0) is 4.79 Å². The molecule has 1 aromatic heterocycles. The summed E-state index contributed by atoms with van der Waals surface area (Å²) >= 11 is 0. The van der Waals surface area contributed by atoms with Crippen molar-refractivity contribution in [3.8, 4) is 0 Å². The highest BCUT2D eigenvalue weighted by Crippen LogP contribution is 2.06. The number of nitrogens with zero attached hydrogens (tertiary/aromatic N) is 2. The van der Waals surface area contributed by atoms with Gasteiger partial charge < -0.3 is 11.5 Å². The van der Waals surface area contributed by atoms with Crippen LogP contribution in [-0.4, -0.2) is 15.7 Å². The molecule has 0 spiro atoms. The van der Waals surface area contributed by atoms with Gasteiger partial charge in [-0.05, 0) is 12.5 Å². The zero-order valence-corrected chi connectivity index (χ0v) is 7.80. The van der Waals surface area contributed by atoms with Crippen molar-refractivity contribution in [2.75, 3.05) is 5.73 Å². The maximum absolute atomic E-state index is 11.3. The molecule has 0 aromatic carbocycles. The number of hydrogen-bond donors (Lipinski definition) is 2. The lowest BCUT2D eigenvalue weighted by molar-refractivity contribution is -0.121. The van der Waals surface area contributed by atoms with Crippen molar-refractivity contribution in [2.24, 2.45) is 5.73 Å². The number of nitrogen functional groups attached to an aromatic ring is 1. The summed E-state index contributed by atoms with van der Waals surface area (Å²) in [5.74, 6) is -0.406. The van der Waals surface area contributed by atoms with Crippen LogP contribution in [0.3, 0.4) is 0 Å². The highest BCUT2D eigenvalue weighted by atomic mass is 16.2. The van der Waals surface area contributed by atoms with E-state index >= 15 is 0 Å². The van der Waals surface area contributed by atoms with E-state index in [4.69, 9.17) is 11.5 Å². The van der Waals surface area contributed by atoms with Crippen molar-refractivity contribution in [2.45, 2.75) is 19.4 Å². The maximum Gasteiger partial charge on any atom is 0.267 e. The molecule has 0 aliphatic rings. The molecule has 4 N–H and O–H groups in total. The number of nitrogens with two attached hydrogens (primary N) is 2. The minimum atomic E-state index is -0.731. The van der Waals surface area contributed by atoms with Gasteiger partial charge in [-0.2, -0.15) is 5.10 Å². The zero-order chi connectivity index (χ0) is 10.7. The van der Waals surface area contributed by atoms with E-state index in [-0.39, 0.29) is 11.4 Å². The minimum Gasteiger partial charge on any atom is -0.382 e. The molecular formula is C8H12N4O2. The predicted octanol–water partition coefficient (Wildman–Crippen LogP) is -0.738. The number of carbonyl (C=O) groups excluding carboxylic acids is 1. The van der Waals surface area contributed by atoms with Crippen LogP contribution >= 0.6 is 0 Å². The SMILES string of the molecule is CCC(C(N)=O)n1nc(N)ccc1=O. The van der Waals surface area contributed by atoms with Crippen molar-refractivity contribution in [3.05, 3.63) is 22.5 Å². The standard InChI is InChI=1S/C8H12N4O2/c1-2-5(8(10)14)12-7(13)4-3-6(9)11-12/h3-5H,2H2,1H3,(H2,9,11)(H2,10,14). The van der Waals surface area contributed by atoms with E-state index < -0.39 is 11.9 Å². The Kier molecular flexibility index (Phi) is 2.85. The first-order chi connectivity index (χ1) is 6.56. The Morgan fingerprint density at radius 2 is 2.29 bits per heavy atom. The van der Waals surface area contributed by atoms with Gasteiger partial charge in [0.15, 0.2) is 0 Å². The zero-order valence-electron chi connectivity index (χ0n) is 7.80. The number of primary amides is 1. The summed E-state index contributed by atoms with van der Waals surface area (Å²) in [6, 6.07) is 1.91. The molecule has 76 valence electrons. The van der Waals surface area contributed by atoms with Crippen molar-refractivity contribution in [3.63, 3.8) is 0 Å². The Morgan fingerprint density at radius 1 is 1.64 bits per heavy atom. The largest absolute Gasteiger partial charge is 0.382 e. The first-order valence-corrected chi connectivity index (χ1v) is 4.21. The fraction of sp³-hybridized carbons (Fsp3) is 0.375. The van der Waals surface area contributed by atoms with Crippen molar-refractivity contribution in [1.29, 1.82) is 0 Å². The van der Waals surface area contributed by atoms with E-state index in [1.807, 2.05) is 0 Å². The van der Waals surface area contributed by atoms with Gasteiger partial charge in [-0.3, -0.25) is 9.59 Å². The van der Waals surface area contributed by atoms with Crippen LogP contribution in [0.4, 0.5) is 5.82 Å². The Balaban J connectivity index is 3.22. The van der Waals surface area contributed by atoms with E-state index in [0.717, 1.165) is 4.68 Å². The fourth-order valence-electron chi connectivity index (χ4n) is 1.16. The molecule has 0 fully saturated rings. The van der Waals surface area contributed by atoms with Gasteiger partial charge in [-0.1, -0.05) is 6.92 Å². The second kappa shape index (κ2) is 3.91. The van der Waals surface area contributed by atoms with Gasteiger partial charge in [0, 0.05) is 6.07 Å². The van der Waals surface area contributed by atoms with Gasteiger partial charge in [0.25, 0.3) is 5.56 Å². The number of carbonyl (C=O) groups is 1. The number of rotatable bonds is 3. The van der Waals surface area contributed by atoms with Crippen molar-refractivity contribution >= 4 is 11.7 Å². The quantitative estimate of drug-likeness (QED) is 0.664. The van der Waals surface area contributed by atoms with E-state index in [0.29, 0.717) is 6.42 Å². The van der Waals surface area contributed by atoms with Gasteiger partial charge in [0.05, 0.1) is 0 Å². The summed E-state index contributed by atoms with van der Waals surface area (Å²) in [5.41, 5.74) is 10.1. The third-order valence-electron chi connectivity index (χ3n) is 1.86. The van der Waals surface area contributed by atoms with Crippen molar-refractivity contribution in [1.82, 2.24) is 9.78 Å². The van der Waals surface area contributed by atoms with E-state index in [9.17, 15) is 9.59 Å². The van der Waals surface area contributed by atoms with Gasteiger partial charge >= 0.3 is 0 Å². The topological polar surface area (TPSA) is 104 Å². The maximum atomic E-state index is 11.3. The number of hydrogen-bond acceptors (Lipinski definition) is 4. The molecule has 1 heterocycles. The van der Waals surface area contributed by atoms with E-state index in [1.54, 1.807) is 6.92 Å². The molecule has 14 heavy (non-hydrogen) atoms. The van der Waals surface area contributed by atoms with Gasteiger partial charge in [-0.15, -0.1) is 0 Å². The summed E-state index contributed by atoms with van der Waals surface area (Å²) in [7, 11) is 0. The number of aromatic nitrogens is 2. The molecule has 0 saturated heterocycles. The lowest BCUT2D eigenvalue weighted by atomic mass is 10.2. The predicted molar refractivity (Wildman–Crippen MR) is 51.4 cm³/mol. The van der Waals surface area contributed by atoms with Crippen molar-refractivity contribution < 1.29 is 4.79 Å². The molecule has 1 unspecified atom stereocenters. The van der Waals surface area contributed by atoms with Gasteiger partial charge in [0.1, 0.15) is 11.9 Å². The number of amides is 1. The monoisotopic (exact) mass is 196 g/mol. The summed E-state index contributed by atoms with van der Waals surface area (Å²) < 4.78 is 1.01. The molecule has 6 nitrogen and oxygen atoms in total. The summed E-state index contributed by atoms with van der Waals surface area (Å²) in [6.45, 7) is 1.74. The molecule has 0 radical (unpaired) electrons. The Morgan fingerprint density at radius 3 is 2.79 bits per heavy atom. The molecule has 0 saturated carbocycles. The Labute approximate surface area is 80.5 Å². The smallest absolute Gasteiger partial charge is 0.267 e. The molecule has 0 bridgehead atoms. The lowest BCUT2D eigenvalue weighted by Gasteiger charge is -2.12. The summed E-state index contributed by atoms with van der Waals surface area (Å²) in [5, 5.41) is 3.75. The van der Waals surface area contributed by atoms with Gasteiger partial charge in [-0.25, -0.2) is 4.68 Å². The first kappa shape index (κ1) is 10.2. The number of anilines is 1. The first-order valence-electron chi connectivity index (χ1n) is 4.21. The second-order valence-corrected chi connectivity index (χ2v) is 2.87.